The first kappa shape index (κ1) is 33.7. The lowest BCUT2D eigenvalue weighted by Crippen LogP contribution is -2.50. The van der Waals surface area contributed by atoms with Crippen LogP contribution in [0.4, 0.5) is 5.69 Å². The molecule has 0 saturated heterocycles. The minimum atomic E-state index is -3.66. The van der Waals surface area contributed by atoms with Crippen LogP contribution in [0.3, 0.4) is 0 Å². The maximum absolute atomic E-state index is 13.9. The number of rotatable bonds is 14. The Morgan fingerprint density at radius 3 is 2.26 bits per heavy atom. The summed E-state index contributed by atoms with van der Waals surface area (Å²) in [6.07, 6.45) is 2.42. The van der Waals surface area contributed by atoms with Crippen LogP contribution < -0.4 is 9.62 Å². The molecule has 0 aliphatic heterocycles. The molecule has 3 aromatic carbocycles. The number of hydrogen-bond donors (Lipinski definition) is 1. The van der Waals surface area contributed by atoms with Gasteiger partial charge in [-0.3, -0.25) is 13.9 Å². The Labute approximate surface area is 263 Å². The van der Waals surface area contributed by atoms with Crippen molar-refractivity contribution in [2.45, 2.75) is 52.1 Å². The molecule has 2 amide bonds. The Morgan fingerprint density at radius 2 is 1.62 bits per heavy atom. The van der Waals surface area contributed by atoms with Gasteiger partial charge in [-0.1, -0.05) is 84.2 Å². The molecule has 0 saturated carbocycles. The minimum absolute atomic E-state index is 0.0132. The fourth-order valence-electron chi connectivity index (χ4n) is 4.60. The van der Waals surface area contributed by atoms with Crippen molar-refractivity contribution in [2.75, 3.05) is 23.7 Å². The van der Waals surface area contributed by atoms with Crippen LogP contribution in [0, 0.1) is 6.92 Å². The zero-order chi connectivity index (χ0) is 30.9. The molecule has 0 bridgehead atoms. The molecular weight excluding hydrogens is 617 g/mol. The smallest absolute Gasteiger partial charge is 0.243 e. The van der Waals surface area contributed by atoms with E-state index in [1.54, 1.807) is 48.2 Å². The number of halogens is 3. The molecule has 11 heteroatoms. The molecule has 0 heterocycles. The standard InChI is InChI=1S/C31H36Cl3N3O4S/c1-4-17-35-31(39)29(20-23-10-6-5-7-11-23)36(21-24-15-16-26(33)27(34)19-24)30(38)14-9-18-37(42(3,40)41)28-13-8-12-25(32)22(28)2/h5-8,10-13,15-16,19,29H,4,9,14,17-18,20-21H2,1-3H3,(H,35,39). The number of hydrogen-bond acceptors (Lipinski definition) is 4. The molecule has 1 unspecified atom stereocenters. The van der Waals surface area contributed by atoms with Gasteiger partial charge in [-0.15, -0.1) is 0 Å². The molecule has 0 fully saturated rings. The van der Waals surface area contributed by atoms with Crippen LogP contribution in [-0.2, 0) is 32.6 Å². The summed E-state index contributed by atoms with van der Waals surface area (Å²) in [6.45, 7) is 4.37. The van der Waals surface area contributed by atoms with Gasteiger partial charge in [0, 0.05) is 37.5 Å². The van der Waals surface area contributed by atoms with Crippen molar-refractivity contribution in [3.05, 3.63) is 98.5 Å². The molecule has 1 atom stereocenters. The SMILES string of the molecule is CCCNC(=O)C(Cc1ccccc1)N(Cc1ccc(Cl)c(Cl)c1)C(=O)CCCN(c1cccc(Cl)c1C)S(C)(=O)=O. The molecule has 0 radical (unpaired) electrons. The third kappa shape index (κ3) is 9.36. The van der Waals surface area contributed by atoms with Crippen LogP contribution in [-0.4, -0.2) is 50.5 Å². The van der Waals surface area contributed by atoms with Gasteiger partial charge in [0.2, 0.25) is 21.8 Å². The summed E-state index contributed by atoms with van der Waals surface area (Å²) in [5.41, 5.74) is 2.71. The number of amides is 2. The monoisotopic (exact) mass is 651 g/mol. The van der Waals surface area contributed by atoms with E-state index >= 15 is 0 Å². The Morgan fingerprint density at radius 1 is 0.905 bits per heavy atom. The third-order valence-corrected chi connectivity index (χ3v) is 9.15. The molecule has 0 aliphatic rings. The lowest BCUT2D eigenvalue weighted by atomic mass is 10.0. The summed E-state index contributed by atoms with van der Waals surface area (Å²) in [7, 11) is -3.66. The van der Waals surface area contributed by atoms with Gasteiger partial charge in [-0.2, -0.15) is 0 Å². The van der Waals surface area contributed by atoms with E-state index in [2.05, 4.69) is 5.32 Å². The Balaban J connectivity index is 1.91. The zero-order valence-electron chi connectivity index (χ0n) is 23.9. The van der Waals surface area contributed by atoms with E-state index in [0.29, 0.717) is 44.8 Å². The van der Waals surface area contributed by atoms with Crippen LogP contribution in [0.25, 0.3) is 0 Å². The Hall–Kier alpha value is -2.78. The summed E-state index contributed by atoms with van der Waals surface area (Å²) >= 11 is 18.7. The van der Waals surface area contributed by atoms with Crippen LogP contribution in [0.15, 0.2) is 66.7 Å². The van der Waals surface area contributed by atoms with Crippen molar-refractivity contribution in [3.63, 3.8) is 0 Å². The van der Waals surface area contributed by atoms with E-state index in [4.69, 9.17) is 34.8 Å². The van der Waals surface area contributed by atoms with Gasteiger partial charge in [0.15, 0.2) is 0 Å². The number of carbonyl (C=O) groups excluding carboxylic acids is 2. The lowest BCUT2D eigenvalue weighted by molar-refractivity contribution is -0.141. The predicted molar refractivity (Wildman–Crippen MR) is 172 cm³/mol. The molecule has 1 N–H and O–H groups in total. The fourth-order valence-corrected chi connectivity index (χ4v) is 6.11. The maximum atomic E-state index is 13.9. The van der Waals surface area contributed by atoms with E-state index < -0.39 is 16.1 Å². The van der Waals surface area contributed by atoms with Crippen molar-refractivity contribution in [1.29, 1.82) is 0 Å². The van der Waals surface area contributed by atoms with Crippen molar-refractivity contribution < 1.29 is 18.0 Å². The second kappa shape index (κ2) is 15.6. The highest BCUT2D eigenvalue weighted by Crippen LogP contribution is 2.29. The first-order valence-electron chi connectivity index (χ1n) is 13.7. The normalized spacial score (nSPS) is 12.0. The average Bonchev–Trinajstić information content (AvgIpc) is 2.95. The van der Waals surface area contributed by atoms with Crippen LogP contribution in [0.5, 0.6) is 0 Å². The Kier molecular flexibility index (Phi) is 12.5. The molecule has 0 aromatic heterocycles. The molecule has 0 spiro atoms. The number of benzene rings is 3. The molecule has 3 aromatic rings. The molecule has 3 rings (SSSR count). The summed E-state index contributed by atoms with van der Waals surface area (Å²) in [5.74, 6) is -0.550. The third-order valence-electron chi connectivity index (χ3n) is 6.82. The van der Waals surface area contributed by atoms with Crippen molar-refractivity contribution in [3.8, 4) is 0 Å². The van der Waals surface area contributed by atoms with Crippen LogP contribution in [0.2, 0.25) is 15.1 Å². The van der Waals surface area contributed by atoms with Gasteiger partial charge in [0.1, 0.15) is 6.04 Å². The van der Waals surface area contributed by atoms with Crippen molar-refractivity contribution in [1.82, 2.24) is 10.2 Å². The molecule has 7 nitrogen and oxygen atoms in total. The van der Waals surface area contributed by atoms with E-state index in [1.165, 1.54) is 4.31 Å². The molecule has 42 heavy (non-hydrogen) atoms. The van der Waals surface area contributed by atoms with E-state index in [9.17, 15) is 18.0 Å². The van der Waals surface area contributed by atoms with Gasteiger partial charge in [0.05, 0.1) is 22.0 Å². The highest BCUT2D eigenvalue weighted by molar-refractivity contribution is 7.92. The van der Waals surface area contributed by atoms with Crippen molar-refractivity contribution in [2.24, 2.45) is 0 Å². The second-order valence-corrected chi connectivity index (χ2v) is 13.2. The Bertz CT molecular complexity index is 1490. The summed E-state index contributed by atoms with van der Waals surface area (Å²) < 4.78 is 26.7. The van der Waals surface area contributed by atoms with E-state index in [-0.39, 0.29) is 37.7 Å². The predicted octanol–water partition coefficient (Wildman–Crippen LogP) is 6.67. The lowest BCUT2D eigenvalue weighted by Gasteiger charge is -2.32. The summed E-state index contributed by atoms with van der Waals surface area (Å²) in [5, 5.41) is 4.12. The summed E-state index contributed by atoms with van der Waals surface area (Å²) in [4.78, 5) is 28.9. The number of sulfonamides is 1. The molecule has 0 aliphatic carbocycles. The second-order valence-electron chi connectivity index (χ2n) is 10.1. The topological polar surface area (TPSA) is 86.8 Å². The number of nitrogens with zero attached hydrogens (tertiary/aromatic N) is 2. The van der Waals surface area contributed by atoms with E-state index in [1.807, 2.05) is 37.3 Å². The summed E-state index contributed by atoms with van der Waals surface area (Å²) in [6, 6.07) is 18.9. The fraction of sp³-hybridized carbons (Fsp3) is 0.355. The van der Waals surface area contributed by atoms with Crippen molar-refractivity contribution >= 4 is 62.3 Å². The van der Waals surface area contributed by atoms with E-state index in [0.717, 1.165) is 18.2 Å². The number of carbonyl (C=O) groups is 2. The average molecular weight is 653 g/mol. The minimum Gasteiger partial charge on any atom is -0.354 e. The van der Waals surface area contributed by atoms with Gasteiger partial charge >= 0.3 is 0 Å². The van der Waals surface area contributed by atoms with Gasteiger partial charge < -0.3 is 10.2 Å². The molecular formula is C31H36Cl3N3O4S. The first-order chi connectivity index (χ1) is 19.9. The molecule has 226 valence electrons. The highest BCUT2D eigenvalue weighted by Gasteiger charge is 2.30. The largest absolute Gasteiger partial charge is 0.354 e. The quantitative estimate of drug-likeness (QED) is 0.211. The van der Waals surface area contributed by atoms with Gasteiger partial charge in [0.25, 0.3) is 0 Å². The van der Waals surface area contributed by atoms with Crippen LogP contribution in [0.1, 0.15) is 42.9 Å². The maximum Gasteiger partial charge on any atom is 0.243 e. The van der Waals surface area contributed by atoms with Crippen LogP contribution >= 0.6 is 34.8 Å². The number of anilines is 1. The highest BCUT2D eigenvalue weighted by atomic mass is 35.5. The zero-order valence-corrected chi connectivity index (χ0v) is 27.0. The number of nitrogens with one attached hydrogen (secondary N) is 1. The first-order valence-corrected chi connectivity index (χ1v) is 16.7. The van der Waals surface area contributed by atoms with Gasteiger partial charge in [-0.05, 0) is 60.7 Å². The van der Waals surface area contributed by atoms with Gasteiger partial charge in [-0.25, -0.2) is 8.42 Å².